The minimum atomic E-state index is 0.775. The van der Waals surface area contributed by atoms with Crippen molar-refractivity contribution in [2.24, 2.45) is 0 Å². The van der Waals surface area contributed by atoms with Gasteiger partial charge < -0.3 is 15.0 Å². The normalized spacial score (nSPS) is 14.9. The zero-order valence-electron chi connectivity index (χ0n) is 15.6. The fourth-order valence-corrected chi connectivity index (χ4v) is 3.51. The van der Waals surface area contributed by atoms with Crippen molar-refractivity contribution in [2.45, 2.75) is 13.3 Å². The van der Waals surface area contributed by atoms with E-state index in [4.69, 9.17) is 17.0 Å². The van der Waals surface area contributed by atoms with Crippen molar-refractivity contribution >= 4 is 23.0 Å². The highest BCUT2D eigenvalue weighted by molar-refractivity contribution is 7.80. The van der Waals surface area contributed by atoms with Crippen LogP contribution < -0.4 is 10.1 Å². The van der Waals surface area contributed by atoms with Crippen LogP contribution in [0.1, 0.15) is 11.1 Å². The first-order chi connectivity index (χ1) is 12.7. The second-order valence-electron chi connectivity index (χ2n) is 6.70. The molecule has 1 fully saturated rings. The van der Waals surface area contributed by atoms with Crippen molar-refractivity contribution in [2.75, 3.05) is 45.2 Å². The third-order valence-corrected chi connectivity index (χ3v) is 5.18. The molecule has 1 N–H and O–H groups in total. The van der Waals surface area contributed by atoms with Crippen LogP contribution in [0.15, 0.2) is 48.5 Å². The third-order valence-electron chi connectivity index (χ3n) is 4.82. The van der Waals surface area contributed by atoms with E-state index < -0.39 is 0 Å². The number of aryl methyl sites for hydroxylation is 1. The summed E-state index contributed by atoms with van der Waals surface area (Å²) < 4.78 is 5.43. The molecule has 0 atom stereocenters. The number of ether oxygens (including phenoxy) is 1. The number of thiocarbonyl (C=S) groups is 1. The van der Waals surface area contributed by atoms with Gasteiger partial charge in [-0.3, -0.25) is 4.90 Å². The van der Waals surface area contributed by atoms with E-state index >= 15 is 0 Å². The van der Waals surface area contributed by atoms with Gasteiger partial charge in [-0.2, -0.15) is 0 Å². The first kappa shape index (κ1) is 18.7. The SMILES string of the molecule is COc1ccc(C)cc1NC(=S)N1CCN(CCc2ccccc2)CC1. The monoisotopic (exact) mass is 369 g/mol. The van der Waals surface area contributed by atoms with Gasteiger partial charge in [0.15, 0.2) is 5.11 Å². The molecule has 2 aromatic carbocycles. The number of piperazine rings is 1. The number of hydrogen-bond acceptors (Lipinski definition) is 3. The summed E-state index contributed by atoms with van der Waals surface area (Å²) in [5.74, 6) is 0.819. The predicted molar refractivity (Wildman–Crippen MR) is 112 cm³/mol. The van der Waals surface area contributed by atoms with Gasteiger partial charge in [-0.25, -0.2) is 0 Å². The average Bonchev–Trinajstić information content (AvgIpc) is 2.68. The van der Waals surface area contributed by atoms with E-state index in [0.717, 1.165) is 55.7 Å². The maximum absolute atomic E-state index is 5.63. The van der Waals surface area contributed by atoms with Crippen LogP contribution in [0.3, 0.4) is 0 Å². The van der Waals surface area contributed by atoms with Crippen molar-refractivity contribution in [1.29, 1.82) is 0 Å². The molecule has 2 aromatic rings. The van der Waals surface area contributed by atoms with E-state index in [1.54, 1.807) is 7.11 Å². The fourth-order valence-electron chi connectivity index (χ4n) is 3.22. The molecule has 1 heterocycles. The van der Waals surface area contributed by atoms with E-state index in [1.165, 1.54) is 11.1 Å². The van der Waals surface area contributed by atoms with Crippen LogP contribution >= 0.6 is 12.2 Å². The first-order valence-corrected chi connectivity index (χ1v) is 9.53. The lowest BCUT2D eigenvalue weighted by molar-refractivity contribution is 0.185. The van der Waals surface area contributed by atoms with Gasteiger partial charge in [0.25, 0.3) is 0 Å². The molecule has 0 spiro atoms. The number of anilines is 1. The molecule has 0 saturated carbocycles. The summed E-state index contributed by atoms with van der Waals surface area (Å²) >= 11 is 5.63. The Morgan fingerprint density at radius 3 is 2.50 bits per heavy atom. The minimum absolute atomic E-state index is 0.775. The number of nitrogens with zero attached hydrogens (tertiary/aromatic N) is 2. The van der Waals surface area contributed by atoms with E-state index in [-0.39, 0.29) is 0 Å². The highest BCUT2D eigenvalue weighted by Gasteiger charge is 2.19. The zero-order chi connectivity index (χ0) is 18.4. The molecule has 138 valence electrons. The molecule has 0 radical (unpaired) electrons. The molecule has 26 heavy (non-hydrogen) atoms. The van der Waals surface area contributed by atoms with Crippen molar-refractivity contribution in [3.8, 4) is 5.75 Å². The van der Waals surface area contributed by atoms with Gasteiger partial charge in [0.2, 0.25) is 0 Å². The van der Waals surface area contributed by atoms with Crippen LogP contribution in [-0.2, 0) is 6.42 Å². The molecule has 0 aliphatic carbocycles. The van der Waals surface area contributed by atoms with Gasteiger partial charge >= 0.3 is 0 Å². The van der Waals surface area contributed by atoms with Crippen LogP contribution in [0.25, 0.3) is 0 Å². The van der Waals surface area contributed by atoms with Crippen LogP contribution in [0.5, 0.6) is 5.75 Å². The van der Waals surface area contributed by atoms with Crippen molar-refractivity contribution in [3.63, 3.8) is 0 Å². The molecular formula is C21H27N3OS. The Labute approximate surface area is 161 Å². The summed E-state index contributed by atoms with van der Waals surface area (Å²) in [6.45, 7) is 7.16. The average molecular weight is 370 g/mol. The van der Waals surface area contributed by atoms with Gasteiger partial charge in [-0.15, -0.1) is 0 Å². The Hall–Kier alpha value is -2.11. The second-order valence-corrected chi connectivity index (χ2v) is 7.08. The van der Waals surface area contributed by atoms with E-state index in [0.29, 0.717) is 0 Å². The minimum Gasteiger partial charge on any atom is -0.495 e. The molecule has 0 unspecified atom stereocenters. The summed E-state index contributed by atoms with van der Waals surface area (Å²) in [5.41, 5.74) is 3.52. The van der Waals surface area contributed by atoms with Crippen molar-refractivity contribution in [3.05, 3.63) is 59.7 Å². The number of methoxy groups -OCH3 is 1. The Bertz CT molecular complexity index is 727. The van der Waals surface area contributed by atoms with Gasteiger partial charge in [0.1, 0.15) is 5.75 Å². The van der Waals surface area contributed by atoms with Crippen LogP contribution in [0.2, 0.25) is 0 Å². The van der Waals surface area contributed by atoms with Gasteiger partial charge in [-0.05, 0) is 48.8 Å². The molecular weight excluding hydrogens is 342 g/mol. The highest BCUT2D eigenvalue weighted by atomic mass is 32.1. The van der Waals surface area contributed by atoms with Crippen molar-refractivity contribution < 1.29 is 4.74 Å². The zero-order valence-corrected chi connectivity index (χ0v) is 16.4. The number of nitrogens with one attached hydrogen (secondary N) is 1. The summed E-state index contributed by atoms with van der Waals surface area (Å²) in [6.07, 6.45) is 1.10. The summed E-state index contributed by atoms with van der Waals surface area (Å²) in [6, 6.07) is 16.8. The lowest BCUT2D eigenvalue weighted by atomic mass is 10.1. The summed E-state index contributed by atoms with van der Waals surface area (Å²) in [5, 5.41) is 4.13. The summed E-state index contributed by atoms with van der Waals surface area (Å²) in [4.78, 5) is 4.76. The molecule has 0 amide bonds. The van der Waals surface area contributed by atoms with Gasteiger partial charge in [0.05, 0.1) is 12.8 Å². The Morgan fingerprint density at radius 1 is 1.08 bits per heavy atom. The maximum atomic E-state index is 5.63. The molecule has 3 rings (SSSR count). The lowest BCUT2D eigenvalue weighted by Gasteiger charge is -2.36. The second kappa shape index (κ2) is 9.01. The summed E-state index contributed by atoms with van der Waals surface area (Å²) in [7, 11) is 1.68. The maximum Gasteiger partial charge on any atom is 0.173 e. The van der Waals surface area contributed by atoms with Gasteiger partial charge in [0, 0.05) is 32.7 Å². The highest BCUT2D eigenvalue weighted by Crippen LogP contribution is 2.25. The largest absolute Gasteiger partial charge is 0.495 e. The topological polar surface area (TPSA) is 27.7 Å². The number of hydrogen-bond donors (Lipinski definition) is 1. The number of rotatable bonds is 5. The first-order valence-electron chi connectivity index (χ1n) is 9.12. The molecule has 0 bridgehead atoms. The fraction of sp³-hybridized carbons (Fsp3) is 0.381. The van der Waals surface area contributed by atoms with E-state index in [1.807, 2.05) is 12.1 Å². The third kappa shape index (κ3) is 4.96. The van der Waals surface area contributed by atoms with E-state index in [2.05, 4.69) is 58.4 Å². The number of benzene rings is 2. The van der Waals surface area contributed by atoms with Crippen LogP contribution in [0, 0.1) is 6.92 Å². The van der Waals surface area contributed by atoms with Crippen LogP contribution in [0.4, 0.5) is 5.69 Å². The van der Waals surface area contributed by atoms with Crippen LogP contribution in [-0.4, -0.2) is 54.7 Å². The molecule has 1 aliphatic rings. The van der Waals surface area contributed by atoms with E-state index in [9.17, 15) is 0 Å². The predicted octanol–water partition coefficient (Wildman–Crippen LogP) is 3.56. The standard InChI is InChI=1S/C21H27N3OS/c1-17-8-9-20(25-2)19(16-17)22-21(26)24-14-12-23(13-15-24)11-10-18-6-4-3-5-7-18/h3-9,16H,10-15H2,1-2H3,(H,22,26). The Morgan fingerprint density at radius 2 is 1.81 bits per heavy atom. The van der Waals surface area contributed by atoms with Crippen molar-refractivity contribution in [1.82, 2.24) is 9.80 Å². The molecule has 1 saturated heterocycles. The van der Waals surface area contributed by atoms with Gasteiger partial charge in [-0.1, -0.05) is 36.4 Å². The Balaban J connectivity index is 1.48. The molecule has 4 nitrogen and oxygen atoms in total. The molecule has 5 heteroatoms. The molecule has 0 aromatic heterocycles. The molecule has 1 aliphatic heterocycles. The Kier molecular flexibility index (Phi) is 6.47. The lowest BCUT2D eigenvalue weighted by Crippen LogP contribution is -2.50. The smallest absolute Gasteiger partial charge is 0.173 e. The quantitative estimate of drug-likeness (QED) is 0.814.